The molecule has 1 aromatic carbocycles. The molecule has 6 heteroatoms. The first-order valence-corrected chi connectivity index (χ1v) is 10.9. The molecule has 0 saturated carbocycles. The summed E-state index contributed by atoms with van der Waals surface area (Å²) in [6.45, 7) is 14.2. The fourth-order valence-electron chi connectivity index (χ4n) is 3.62. The predicted molar refractivity (Wildman–Crippen MR) is 118 cm³/mol. The van der Waals surface area contributed by atoms with Gasteiger partial charge in [-0.2, -0.15) is 0 Å². The third-order valence-electron chi connectivity index (χ3n) is 5.07. The first-order valence-electron chi connectivity index (χ1n) is 10.2. The average Bonchev–Trinajstić information content (AvgIpc) is 3.02. The van der Waals surface area contributed by atoms with Gasteiger partial charge in [0.25, 0.3) is 0 Å². The standard InChI is InChI=1S/C23H34BrNO4/c1-21(2,3)28-19(26)23(7,14-16-9-8-10-18(24)13-16)17-11-12-25(15-17)20(27)29-22(4,5)6/h8-10,13,17H,11-12,14-15H2,1-7H3. The van der Waals surface area contributed by atoms with Gasteiger partial charge in [0.15, 0.2) is 0 Å². The molecular formula is C23H34BrNO4. The Morgan fingerprint density at radius 1 is 1.07 bits per heavy atom. The van der Waals surface area contributed by atoms with Crippen LogP contribution in [0.4, 0.5) is 4.79 Å². The van der Waals surface area contributed by atoms with E-state index in [0.717, 1.165) is 16.5 Å². The lowest BCUT2D eigenvalue weighted by atomic mass is 9.72. The summed E-state index contributed by atoms with van der Waals surface area (Å²) in [4.78, 5) is 27.5. The summed E-state index contributed by atoms with van der Waals surface area (Å²) in [5, 5.41) is 0. The summed E-state index contributed by atoms with van der Waals surface area (Å²) in [6.07, 6.45) is 0.964. The molecule has 1 aliphatic rings. The summed E-state index contributed by atoms with van der Waals surface area (Å²) >= 11 is 3.51. The van der Waals surface area contributed by atoms with Crippen molar-refractivity contribution in [3.63, 3.8) is 0 Å². The van der Waals surface area contributed by atoms with Gasteiger partial charge in [-0.1, -0.05) is 28.1 Å². The van der Waals surface area contributed by atoms with Crippen LogP contribution in [-0.2, 0) is 20.7 Å². The normalized spacial score (nSPS) is 19.6. The molecule has 2 atom stereocenters. The zero-order valence-corrected chi connectivity index (χ0v) is 20.3. The molecule has 0 N–H and O–H groups in total. The van der Waals surface area contributed by atoms with E-state index in [9.17, 15) is 9.59 Å². The number of amides is 1. The summed E-state index contributed by atoms with van der Waals surface area (Å²) in [5.74, 6) is -0.232. The zero-order valence-electron chi connectivity index (χ0n) is 18.7. The molecule has 29 heavy (non-hydrogen) atoms. The van der Waals surface area contributed by atoms with Gasteiger partial charge in [0.2, 0.25) is 0 Å². The molecule has 2 rings (SSSR count). The second-order valence-corrected chi connectivity index (χ2v) is 11.1. The summed E-state index contributed by atoms with van der Waals surface area (Å²) in [6, 6.07) is 7.99. The van der Waals surface area contributed by atoms with Crippen LogP contribution in [0.5, 0.6) is 0 Å². The second kappa shape index (κ2) is 8.66. The van der Waals surface area contributed by atoms with E-state index < -0.39 is 16.6 Å². The highest BCUT2D eigenvalue weighted by atomic mass is 79.9. The van der Waals surface area contributed by atoms with E-state index in [0.29, 0.717) is 19.5 Å². The SMILES string of the molecule is CC(C)(C)OC(=O)N1CCC(C(C)(Cc2cccc(Br)c2)C(=O)OC(C)(C)C)C1. The number of rotatable bonds is 4. The molecule has 1 aliphatic heterocycles. The lowest BCUT2D eigenvalue weighted by Crippen LogP contribution is -2.44. The van der Waals surface area contributed by atoms with E-state index in [-0.39, 0.29) is 18.0 Å². The predicted octanol–water partition coefficient (Wildman–Crippen LogP) is 5.60. The molecule has 1 amide bonds. The van der Waals surface area contributed by atoms with Crippen LogP contribution in [0.2, 0.25) is 0 Å². The maximum absolute atomic E-state index is 13.3. The van der Waals surface area contributed by atoms with E-state index in [1.165, 1.54) is 0 Å². The second-order valence-electron chi connectivity index (χ2n) is 10.1. The van der Waals surface area contributed by atoms with Crippen LogP contribution >= 0.6 is 15.9 Å². The van der Waals surface area contributed by atoms with Crippen LogP contribution < -0.4 is 0 Å². The lowest BCUT2D eigenvalue weighted by Gasteiger charge is -2.36. The number of ether oxygens (including phenoxy) is 2. The molecule has 0 spiro atoms. The fourth-order valence-corrected chi connectivity index (χ4v) is 4.07. The Morgan fingerprint density at radius 3 is 2.24 bits per heavy atom. The van der Waals surface area contributed by atoms with Crippen molar-refractivity contribution < 1.29 is 19.1 Å². The van der Waals surface area contributed by atoms with Gasteiger partial charge in [-0.25, -0.2) is 4.79 Å². The third-order valence-corrected chi connectivity index (χ3v) is 5.56. The average molecular weight is 468 g/mol. The maximum Gasteiger partial charge on any atom is 0.410 e. The molecule has 0 aliphatic carbocycles. The van der Waals surface area contributed by atoms with Gasteiger partial charge < -0.3 is 14.4 Å². The van der Waals surface area contributed by atoms with Crippen LogP contribution in [0.15, 0.2) is 28.7 Å². The van der Waals surface area contributed by atoms with E-state index >= 15 is 0 Å². The summed E-state index contributed by atoms with van der Waals surface area (Å²) in [7, 11) is 0. The van der Waals surface area contributed by atoms with E-state index in [2.05, 4.69) is 15.9 Å². The van der Waals surface area contributed by atoms with Gasteiger partial charge in [-0.05, 0) is 84.9 Å². The number of nitrogens with zero attached hydrogens (tertiary/aromatic N) is 1. The number of hydrogen-bond acceptors (Lipinski definition) is 4. The van der Waals surface area contributed by atoms with Crippen molar-refractivity contribution in [2.75, 3.05) is 13.1 Å². The molecule has 0 bridgehead atoms. The highest BCUT2D eigenvalue weighted by molar-refractivity contribution is 9.10. The van der Waals surface area contributed by atoms with Crippen molar-refractivity contribution in [2.45, 2.75) is 72.5 Å². The molecule has 5 nitrogen and oxygen atoms in total. The molecule has 0 radical (unpaired) electrons. The highest BCUT2D eigenvalue weighted by Crippen LogP contribution is 2.40. The Bertz CT molecular complexity index is 750. The lowest BCUT2D eigenvalue weighted by molar-refractivity contribution is -0.170. The van der Waals surface area contributed by atoms with Crippen LogP contribution in [0.3, 0.4) is 0 Å². The number of benzene rings is 1. The van der Waals surface area contributed by atoms with Crippen LogP contribution in [0.1, 0.15) is 60.5 Å². The minimum Gasteiger partial charge on any atom is -0.460 e. The van der Waals surface area contributed by atoms with E-state index in [1.54, 1.807) is 4.90 Å². The first-order chi connectivity index (χ1) is 13.2. The number of esters is 1. The summed E-state index contributed by atoms with van der Waals surface area (Å²) in [5.41, 5.74) is -0.799. The molecular weight excluding hydrogens is 434 g/mol. The molecule has 0 aromatic heterocycles. The molecule has 1 heterocycles. The van der Waals surface area contributed by atoms with Gasteiger partial charge >= 0.3 is 12.1 Å². The van der Waals surface area contributed by atoms with Crippen LogP contribution in [0.25, 0.3) is 0 Å². The monoisotopic (exact) mass is 467 g/mol. The van der Waals surface area contributed by atoms with Gasteiger partial charge in [0, 0.05) is 17.6 Å². The Balaban J connectivity index is 2.25. The largest absolute Gasteiger partial charge is 0.460 e. The van der Waals surface area contributed by atoms with Gasteiger partial charge in [0.05, 0.1) is 5.41 Å². The van der Waals surface area contributed by atoms with Crippen molar-refractivity contribution in [3.8, 4) is 0 Å². The molecule has 1 aromatic rings. The molecule has 2 unspecified atom stereocenters. The van der Waals surface area contributed by atoms with Crippen molar-refractivity contribution >= 4 is 28.0 Å². The minimum absolute atomic E-state index is 0.0103. The zero-order chi connectivity index (χ0) is 22.0. The number of halogens is 1. The fraction of sp³-hybridized carbons (Fsp3) is 0.652. The number of carbonyl (C=O) groups is 2. The van der Waals surface area contributed by atoms with Crippen molar-refractivity contribution in [1.29, 1.82) is 0 Å². The first kappa shape index (κ1) is 23.7. The van der Waals surface area contributed by atoms with Crippen LogP contribution in [0, 0.1) is 11.3 Å². The third kappa shape index (κ3) is 6.73. The van der Waals surface area contributed by atoms with Gasteiger partial charge in [0.1, 0.15) is 11.2 Å². The highest BCUT2D eigenvalue weighted by Gasteiger charge is 2.47. The quantitative estimate of drug-likeness (QED) is 0.540. The number of likely N-dealkylation sites (tertiary alicyclic amines) is 1. The van der Waals surface area contributed by atoms with E-state index in [1.807, 2.05) is 72.7 Å². The smallest absolute Gasteiger partial charge is 0.410 e. The molecule has 1 saturated heterocycles. The molecule has 162 valence electrons. The van der Waals surface area contributed by atoms with Crippen molar-refractivity contribution in [1.82, 2.24) is 4.90 Å². The number of carbonyl (C=O) groups excluding carboxylic acids is 2. The Labute approximate surface area is 183 Å². The van der Waals surface area contributed by atoms with Crippen LogP contribution in [-0.4, -0.2) is 41.3 Å². The maximum atomic E-state index is 13.3. The van der Waals surface area contributed by atoms with Gasteiger partial charge in [-0.15, -0.1) is 0 Å². The summed E-state index contributed by atoms with van der Waals surface area (Å²) < 4.78 is 12.3. The Hall–Kier alpha value is -1.56. The van der Waals surface area contributed by atoms with Crippen molar-refractivity contribution in [3.05, 3.63) is 34.3 Å². The Kier molecular flexibility index (Phi) is 7.09. The Morgan fingerprint density at radius 2 is 1.69 bits per heavy atom. The topological polar surface area (TPSA) is 55.8 Å². The molecule has 1 fully saturated rings. The van der Waals surface area contributed by atoms with Crippen molar-refractivity contribution in [2.24, 2.45) is 11.3 Å². The van der Waals surface area contributed by atoms with Gasteiger partial charge in [-0.3, -0.25) is 4.79 Å². The van der Waals surface area contributed by atoms with E-state index in [4.69, 9.17) is 9.47 Å². The number of hydrogen-bond donors (Lipinski definition) is 0. The minimum atomic E-state index is -0.745.